The SMILES string of the molecule is O=C(O)c1ccc2c(c1)N(C(=O)N1CCCOCC1)CC2. The molecule has 1 fully saturated rings. The van der Waals surface area contributed by atoms with E-state index in [1.807, 2.05) is 0 Å². The number of urea groups is 1. The molecule has 112 valence electrons. The van der Waals surface area contributed by atoms with E-state index in [9.17, 15) is 9.59 Å². The van der Waals surface area contributed by atoms with E-state index in [-0.39, 0.29) is 11.6 Å². The van der Waals surface area contributed by atoms with Crippen LogP contribution in [0.5, 0.6) is 0 Å². The second-order valence-electron chi connectivity index (χ2n) is 5.29. The van der Waals surface area contributed by atoms with Gasteiger partial charge in [-0.1, -0.05) is 6.07 Å². The number of carboxylic acids is 1. The molecule has 0 unspecified atom stereocenters. The highest BCUT2D eigenvalue weighted by atomic mass is 16.5. The first-order chi connectivity index (χ1) is 10.2. The maximum absolute atomic E-state index is 12.6. The lowest BCUT2D eigenvalue weighted by atomic mass is 10.1. The van der Waals surface area contributed by atoms with Crippen LogP contribution in [-0.4, -0.2) is 54.9 Å². The highest BCUT2D eigenvalue weighted by molar-refractivity contribution is 5.97. The third-order valence-electron chi connectivity index (χ3n) is 3.95. The zero-order valence-electron chi connectivity index (χ0n) is 11.7. The maximum atomic E-state index is 12.6. The van der Waals surface area contributed by atoms with Crippen LogP contribution in [-0.2, 0) is 11.2 Å². The number of rotatable bonds is 1. The summed E-state index contributed by atoms with van der Waals surface area (Å²) in [7, 11) is 0. The zero-order valence-corrected chi connectivity index (χ0v) is 11.7. The third kappa shape index (κ3) is 2.71. The summed E-state index contributed by atoms with van der Waals surface area (Å²) in [4.78, 5) is 27.2. The molecule has 1 aromatic rings. The van der Waals surface area contributed by atoms with Gasteiger partial charge in [0, 0.05) is 31.9 Å². The number of ether oxygens (including phenoxy) is 1. The van der Waals surface area contributed by atoms with Crippen molar-refractivity contribution in [2.45, 2.75) is 12.8 Å². The number of carbonyl (C=O) groups is 2. The fraction of sp³-hybridized carbons (Fsp3) is 0.467. The maximum Gasteiger partial charge on any atom is 0.335 e. The second-order valence-corrected chi connectivity index (χ2v) is 5.29. The number of benzene rings is 1. The van der Waals surface area contributed by atoms with Crippen LogP contribution in [0, 0.1) is 0 Å². The van der Waals surface area contributed by atoms with E-state index in [4.69, 9.17) is 9.84 Å². The van der Waals surface area contributed by atoms with Gasteiger partial charge in [0.25, 0.3) is 0 Å². The number of hydrogen-bond acceptors (Lipinski definition) is 3. The molecule has 1 aromatic carbocycles. The third-order valence-corrected chi connectivity index (χ3v) is 3.95. The Morgan fingerprint density at radius 1 is 1.14 bits per heavy atom. The molecule has 2 amide bonds. The van der Waals surface area contributed by atoms with E-state index in [0.717, 1.165) is 24.1 Å². The van der Waals surface area contributed by atoms with Crippen molar-refractivity contribution in [3.05, 3.63) is 29.3 Å². The molecule has 0 bridgehead atoms. The number of aromatic carboxylic acids is 1. The number of carboxylic acid groups (broad SMARTS) is 1. The summed E-state index contributed by atoms with van der Waals surface area (Å²) >= 11 is 0. The molecule has 3 rings (SSSR count). The molecule has 0 aliphatic carbocycles. The Morgan fingerprint density at radius 3 is 2.81 bits per heavy atom. The smallest absolute Gasteiger partial charge is 0.335 e. The molecular weight excluding hydrogens is 272 g/mol. The summed E-state index contributed by atoms with van der Waals surface area (Å²) in [6.07, 6.45) is 1.60. The average Bonchev–Trinajstić information content (AvgIpc) is 2.71. The van der Waals surface area contributed by atoms with E-state index in [0.29, 0.717) is 32.8 Å². The molecule has 21 heavy (non-hydrogen) atoms. The zero-order chi connectivity index (χ0) is 14.8. The normalized spacial score (nSPS) is 18.3. The summed E-state index contributed by atoms with van der Waals surface area (Å²) in [5.41, 5.74) is 1.97. The molecule has 2 aliphatic heterocycles. The lowest BCUT2D eigenvalue weighted by molar-refractivity contribution is 0.0697. The Morgan fingerprint density at radius 2 is 2.00 bits per heavy atom. The molecule has 0 aromatic heterocycles. The number of hydrogen-bond donors (Lipinski definition) is 1. The van der Waals surface area contributed by atoms with Gasteiger partial charge in [-0.2, -0.15) is 0 Å². The number of anilines is 1. The van der Waals surface area contributed by atoms with Crippen molar-refractivity contribution < 1.29 is 19.4 Å². The van der Waals surface area contributed by atoms with Gasteiger partial charge in [-0.15, -0.1) is 0 Å². The van der Waals surface area contributed by atoms with E-state index >= 15 is 0 Å². The lowest BCUT2D eigenvalue weighted by Crippen LogP contribution is -2.43. The highest BCUT2D eigenvalue weighted by Gasteiger charge is 2.29. The summed E-state index contributed by atoms with van der Waals surface area (Å²) in [6, 6.07) is 4.94. The Bertz CT molecular complexity index is 565. The van der Waals surface area contributed by atoms with Gasteiger partial charge in [0.15, 0.2) is 0 Å². The lowest BCUT2D eigenvalue weighted by Gasteiger charge is -2.27. The molecule has 2 heterocycles. The van der Waals surface area contributed by atoms with Crippen LogP contribution >= 0.6 is 0 Å². The van der Waals surface area contributed by atoms with E-state index in [1.54, 1.807) is 28.0 Å². The van der Waals surface area contributed by atoms with Crippen molar-refractivity contribution in [2.24, 2.45) is 0 Å². The first kappa shape index (κ1) is 13.9. The summed E-state index contributed by atoms with van der Waals surface area (Å²) in [5, 5.41) is 9.10. The predicted octanol–water partition coefficient (Wildman–Crippen LogP) is 1.59. The minimum Gasteiger partial charge on any atom is -0.478 e. The first-order valence-electron chi connectivity index (χ1n) is 7.17. The van der Waals surface area contributed by atoms with Crippen molar-refractivity contribution >= 4 is 17.7 Å². The Balaban J connectivity index is 1.83. The number of fused-ring (bicyclic) bond motifs is 1. The summed E-state index contributed by atoms with van der Waals surface area (Å²) < 4.78 is 5.37. The fourth-order valence-corrected chi connectivity index (χ4v) is 2.82. The monoisotopic (exact) mass is 290 g/mol. The van der Waals surface area contributed by atoms with Crippen molar-refractivity contribution in [3.8, 4) is 0 Å². The van der Waals surface area contributed by atoms with Crippen molar-refractivity contribution in [1.29, 1.82) is 0 Å². The topological polar surface area (TPSA) is 70.1 Å². The Hall–Kier alpha value is -2.08. The van der Waals surface area contributed by atoms with Gasteiger partial charge in [0.05, 0.1) is 12.2 Å². The van der Waals surface area contributed by atoms with Crippen LogP contribution in [0.1, 0.15) is 22.3 Å². The van der Waals surface area contributed by atoms with Crippen LogP contribution in [0.15, 0.2) is 18.2 Å². The van der Waals surface area contributed by atoms with Gasteiger partial charge in [0.1, 0.15) is 0 Å². The van der Waals surface area contributed by atoms with Crippen LogP contribution in [0.2, 0.25) is 0 Å². The van der Waals surface area contributed by atoms with Crippen molar-refractivity contribution in [1.82, 2.24) is 4.90 Å². The second kappa shape index (κ2) is 5.73. The summed E-state index contributed by atoms with van der Waals surface area (Å²) in [5.74, 6) is -0.972. The molecule has 1 N–H and O–H groups in total. The molecular formula is C15H18N2O4. The summed E-state index contributed by atoms with van der Waals surface area (Å²) in [6.45, 7) is 3.12. The minimum absolute atomic E-state index is 0.0539. The Kier molecular flexibility index (Phi) is 3.79. The molecule has 6 heteroatoms. The molecule has 2 aliphatic rings. The van der Waals surface area contributed by atoms with Crippen LogP contribution in [0.25, 0.3) is 0 Å². The quantitative estimate of drug-likeness (QED) is 0.852. The van der Waals surface area contributed by atoms with E-state index < -0.39 is 5.97 Å². The van der Waals surface area contributed by atoms with Crippen LogP contribution in [0.4, 0.5) is 10.5 Å². The number of amides is 2. The van der Waals surface area contributed by atoms with Gasteiger partial charge in [-0.3, -0.25) is 4.90 Å². The first-order valence-corrected chi connectivity index (χ1v) is 7.17. The van der Waals surface area contributed by atoms with Crippen LogP contribution < -0.4 is 4.90 Å². The fourth-order valence-electron chi connectivity index (χ4n) is 2.82. The largest absolute Gasteiger partial charge is 0.478 e. The van der Waals surface area contributed by atoms with Gasteiger partial charge in [0.2, 0.25) is 0 Å². The molecule has 6 nitrogen and oxygen atoms in total. The predicted molar refractivity (Wildman–Crippen MR) is 76.9 cm³/mol. The van der Waals surface area contributed by atoms with E-state index in [1.165, 1.54) is 0 Å². The van der Waals surface area contributed by atoms with Crippen LogP contribution in [0.3, 0.4) is 0 Å². The number of carbonyl (C=O) groups excluding carboxylic acids is 1. The van der Waals surface area contributed by atoms with Gasteiger partial charge >= 0.3 is 12.0 Å². The minimum atomic E-state index is -0.972. The van der Waals surface area contributed by atoms with Gasteiger partial charge < -0.3 is 14.7 Å². The molecule has 0 atom stereocenters. The molecule has 0 radical (unpaired) electrons. The average molecular weight is 290 g/mol. The molecule has 0 saturated carbocycles. The number of nitrogens with zero attached hydrogens (tertiary/aromatic N) is 2. The van der Waals surface area contributed by atoms with Gasteiger partial charge in [-0.25, -0.2) is 9.59 Å². The molecule has 0 spiro atoms. The van der Waals surface area contributed by atoms with Crippen molar-refractivity contribution in [3.63, 3.8) is 0 Å². The Labute approximate surface area is 122 Å². The standard InChI is InChI=1S/C15H18N2O4/c18-14(19)12-3-2-11-4-6-17(13(11)10-12)15(20)16-5-1-8-21-9-7-16/h2-3,10H,1,4-9H2,(H,18,19). The van der Waals surface area contributed by atoms with Gasteiger partial charge in [-0.05, 0) is 30.5 Å². The highest BCUT2D eigenvalue weighted by Crippen LogP contribution is 2.30. The van der Waals surface area contributed by atoms with E-state index in [2.05, 4.69) is 0 Å². The molecule has 1 saturated heterocycles. The van der Waals surface area contributed by atoms with Crippen molar-refractivity contribution in [2.75, 3.05) is 37.7 Å².